The third-order valence-corrected chi connectivity index (χ3v) is 5.12. The predicted molar refractivity (Wildman–Crippen MR) is 114 cm³/mol. The molecule has 0 aliphatic carbocycles. The van der Waals surface area contributed by atoms with Gasteiger partial charge >= 0.3 is 5.97 Å². The van der Waals surface area contributed by atoms with Crippen molar-refractivity contribution in [1.29, 1.82) is 0 Å². The molecule has 3 aromatic heterocycles. The molecule has 0 amide bonds. The number of nitrogens with zero attached hydrogens (tertiary/aromatic N) is 5. The molecule has 0 spiro atoms. The normalized spacial score (nSPS) is 15.9. The van der Waals surface area contributed by atoms with E-state index in [4.69, 9.17) is 9.72 Å². The number of esters is 1. The second-order valence-electron chi connectivity index (χ2n) is 7.70. The first kappa shape index (κ1) is 20.8. The summed E-state index contributed by atoms with van der Waals surface area (Å²) in [7, 11) is 0. The lowest BCUT2D eigenvalue weighted by atomic mass is 10.0. The average molecular weight is 421 g/mol. The highest BCUT2D eigenvalue weighted by atomic mass is 19.1. The minimum Gasteiger partial charge on any atom is -0.462 e. The zero-order chi connectivity index (χ0) is 22.0. The summed E-state index contributed by atoms with van der Waals surface area (Å²) in [6, 6.07) is 3.25. The van der Waals surface area contributed by atoms with Crippen LogP contribution < -0.4 is 4.90 Å². The molecule has 31 heavy (non-hydrogen) atoms. The molecule has 0 N–H and O–H groups in total. The molecule has 1 aliphatic heterocycles. The Morgan fingerprint density at radius 3 is 3.00 bits per heavy atom. The number of carbonyl (C=O) groups excluding carboxylic acids is 1. The summed E-state index contributed by atoms with van der Waals surface area (Å²) in [5.74, 6) is 6.25. The molecule has 1 atom stereocenters. The summed E-state index contributed by atoms with van der Waals surface area (Å²) in [6.07, 6.45) is 6.18. The maximum Gasteiger partial charge on any atom is 0.343 e. The molecule has 3 aromatic rings. The van der Waals surface area contributed by atoms with Crippen LogP contribution in [0.5, 0.6) is 0 Å². The monoisotopic (exact) mass is 421 g/mol. The van der Waals surface area contributed by atoms with E-state index >= 15 is 0 Å². The van der Waals surface area contributed by atoms with Gasteiger partial charge in [-0.2, -0.15) is 5.10 Å². The Kier molecular flexibility index (Phi) is 5.85. The van der Waals surface area contributed by atoms with Gasteiger partial charge in [0.2, 0.25) is 0 Å². The van der Waals surface area contributed by atoms with Crippen LogP contribution >= 0.6 is 0 Å². The molecular weight excluding hydrogens is 397 g/mol. The van der Waals surface area contributed by atoms with Gasteiger partial charge in [0, 0.05) is 24.2 Å². The van der Waals surface area contributed by atoms with Gasteiger partial charge in [-0.3, -0.25) is 0 Å². The Balaban J connectivity index is 1.74. The topological polar surface area (TPSA) is 72.6 Å². The lowest BCUT2D eigenvalue weighted by molar-refractivity contribution is 0.0528. The van der Waals surface area contributed by atoms with Crippen molar-refractivity contribution in [3.8, 4) is 11.8 Å². The van der Waals surface area contributed by atoms with Gasteiger partial charge in [-0.1, -0.05) is 19.8 Å². The minimum atomic E-state index is -0.458. The van der Waals surface area contributed by atoms with E-state index in [9.17, 15) is 9.18 Å². The fourth-order valence-corrected chi connectivity index (χ4v) is 3.76. The van der Waals surface area contributed by atoms with E-state index < -0.39 is 5.97 Å². The van der Waals surface area contributed by atoms with Crippen molar-refractivity contribution < 1.29 is 13.9 Å². The molecule has 4 rings (SSSR count). The summed E-state index contributed by atoms with van der Waals surface area (Å²) < 4.78 is 20.8. The van der Waals surface area contributed by atoms with Gasteiger partial charge in [-0.05, 0) is 37.8 Å². The minimum absolute atomic E-state index is 0.108. The average Bonchev–Trinajstić information content (AvgIpc) is 3.39. The van der Waals surface area contributed by atoms with E-state index in [-0.39, 0.29) is 24.4 Å². The van der Waals surface area contributed by atoms with Crippen LogP contribution in [0.2, 0.25) is 0 Å². The smallest absolute Gasteiger partial charge is 0.343 e. The number of rotatable bonds is 4. The number of ether oxygens (including phenoxy) is 1. The summed E-state index contributed by atoms with van der Waals surface area (Å²) in [5, 5.41) is 4.19. The van der Waals surface area contributed by atoms with Crippen LogP contribution in [-0.2, 0) is 4.74 Å². The molecule has 1 aliphatic rings. The molecule has 1 fully saturated rings. The molecule has 1 unspecified atom stereocenters. The van der Waals surface area contributed by atoms with Crippen LogP contribution in [0.25, 0.3) is 5.65 Å². The Hall–Kier alpha value is -3.47. The molecule has 160 valence electrons. The van der Waals surface area contributed by atoms with Crippen molar-refractivity contribution in [2.75, 3.05) is 18.1 Å². The summed E-state index contributed by atoms with van der Waals surface area (Å²) >= 11 is 0. The van der Waals surface area contributed by atoms with Crippen molar-refractivity contribution >= 4 is 17.4 Å². The Bertz CT molecular complexity index is 1180. The fraction of sp³-hybridized carbons (Fsp3) is 0.391. The van der Waals surface area contributed by atoms with Gasteiger partial charge in [0.25, 0.3) is 0 Å². The molecule has 8 heteroatoms. The van der Waals surface area contributed by atoms with Crippen LogP contribution in [0.15, 0.2) is 30.7 Å². The van der Waals surface area contributed by atoms with E-state index in [1.807, 2.05) is 19.9 Å². The summed E-state index contributed by atoms with van der Waals surface area (Å²) in [6.45, 7) is 6.79. The first-order valence-corrected chi connectivity index (χ1v) is 10.4. The van der Waals surface area contributed by atoms with Crippen molar-refractivity contribution in [2.45, 2.75) is 39.7 Å². The third kappa shape index (κ3) is 4.22. The van der Waals surface area contributed by atoms with Gasteiger partial charge in [-0.25, -0.2) is 23.7 Å². The van der Waals surface area contributed by atoms with Crippen LogP contribution in [0.4, 0.5) is 10.2 Å². The number of hydrogen-bond acceptors (Lipinski definition) is 6. The molecule has 1 saturated heterocycles. The zero-order valence-corrected chi connectivity index (χ0v) is 17.8. The lowest BCUT2D eigenvalue weighted by Crippen LogP contribution is -2.25. The van der Waals surface area contributed by atoms with Gasteiger partial charge in [0.1, 0.15) is 22.9 Å². The molecule has 0 aromatic carbocycles. The van der Waals surface area contributed by atoms with Crippen LogP contribution in [-0.4, -0.2) is 38.7 Å². The number of carbonyl (C=O) groups is 1. The molecule has 4 heterocycles. The summed E-state index contributed by atoms with van der Waals surface area (Å²) in [4.78, 5) is 23.3. The van der Waals surface area contributed by atoms with E-state index in [1.165, 1.54) is 18.5 Å². The Labute approximate surface area is 180 Å². The van der Waals surface area contributed by atoms with Gasteiger partial charge in [-0.15, -0.1) is 0 Å². The highest BCUT2D eigenvalue weighted by Crippen LogP contribution is 2.36. The number of aromatic nitrogens is 4. The van der Waals surface area contributed by atoms with Crippen molar-refractivity contribution in [3.05, 3.63) is 53.4 Å². The van der Waals surface area contributed by atoms with Crippen LogP contribution in [0.3, 0.4) is 0 Å². The third-order valence-electron chi connectivity index (χ3n) is 5.12. The van der Waals surface area contributed by atoms with E-state index in [0.29, 0.717) is 22.7 Å². The standard InChI is InChI=1S/C23H24FN5O2/c1-4-31-23(30)18-14-26-29-11-9-21(27-22(18)29)28-10-5-6-20(28)17-12-16(24)13-25-19(17)8-7-15(2)3/h9,11-15,20H,4-6,10H2,1-3H3. The van der Waals surface area contributed by atoms with Crippen molar-refractivity contribution in [3.63, 3.8) is 0 Å². The number of anilines is 1. The quantitative estimate of drug-likeness (QED) is 0.471. The number of hydrogen-bond donors (Lipinski definition) is 0. The van der Waals surface area contributed by atoms with Crippen molar-refractivity contribution in [1.82, 2.24) is 19.6 Å². The highest BCUT2D eigenvalue weighted by molar-refractivity contribution is 5.95. The Morgan fingerprint density at radius 1 is 1.39 bits per heavy atom. The van der Waals surface area contributed by atoms with Gasteiger partial charge < -0.3 is 9.64 Å². The molecule has 0 radical (unpaired) electrons. The molecule has 0 saturated carbocycles. The SMILES string of the molecule is CCOC(=O)c1cnn2ccc(N3CCCC3c3cc(F)cnc3C#CC(C)C)nc12. The van der Waals surface area contributed by atoms with E-state index in [2.05, 4.69) is 26.8 Å². The largest absolute Gasteiger partial charge is 0.462 e. The van der Waals surface area contributed by atoms with Crippen LogP contribution in [0.1, 0.15) is 61.3 Å². The van der Waals surface area contributed by atoms with Gasteiger partial charge in [0.15, 0.2) is 5.65 Å². The number of fused-ring (bicyclic) bond motifs is 1. The number of pyridine rings is 1. The van der Waals surface area contributed by atoms with Crippen LogP contribution in [0, 0.1) is 23.6 Å². The maximum absolute atomic E-state index is 14.1. The number of halogens is 1. The van der Waals surface area contributed by atoms with E-state index in [0.717, 1.165) is 24.9 Å². The predicted octanol–water partition coefficient (Wildman–Crippen LogP) is 3.79. The maximum atomic E-state index is 14.1. The second-order valence-corrected chi connectivity index (χ2v) is 7.70. The van der Waals surface area contributed by atoms with E-state index in [1.54, 1.807) is 17.6 Å². The first-order chi connectivity index (χ1) is 15.0. The lowest BCUT2D eigenvalue weighted by Gasteiger charge is -2.26. The summed E-state index contributed by atoms with van der Waals surface area (Å²) in [5.41, 5.74) is 2.09. The highest BCUT2D eigenvalue weighted by Gasteiger charge is 2.30. The second kappa shape index (κ2) is 8.72. The Morgan fingerprint density at radius 2 is 2.23 bits per heavy atom. The molecule has 0 bridgehead atoms. The van der Waals surface area contributed by atoms with Crippen molar-refractivity contribution in [2.24, 2.45) is 5.92 Å². The van der Waals surface area contributed by atoms with Gasteiger partial charge in [0.05, 0.1) is 25.0 Å². The molecule has 7 nitrogen and oxygen atoms in total. The zero-order valence-electron chi connectivity index (χ0n) is 17.8. The molecular formula is C23H24FN5O2. The first-order valence-electron chi connectivity index (χ1n) is 10.4. The fourth-order valence-electron chi connectivity index (χ4n) is 3.76.